The number of rotatable bonds is 0. The van der Waals surface area contributed by atoms with E-state index in [0.29, 0.717) is 5.91 Å². The Balaban J connectivity index is 0. The third kappa shape index (κ3) is 2.43. The molecule has 4 N–H and O–H groups in total. The normalized spacial score (nSPS) is 16.6. The van der Waals surface area contributed by atoms with Crippen molar-refractivity contribution in [2.75, 3.05) is 13.6 Å². The molecule has 1 aliphatic rings. The lowest BCUT2D eigenvalue weighted by molar-refractivity contribution is -0.126. The molecule has 1 fully saturated rings. The maximum absolute atomic E-state index is 10.5. The van der Waals surface area contributed by atoms with Crippen molar-refractivity contribution in [1.82, 2.24) is 4.90 Å². The monoisotopic (exact) mass is 135 g/mol. The molecule has 1 amide bonds. The zero-order valence-electron chi connectivity index (χ0n) is 5.48. The van der Waals surface area contributed by atoms with E-state index < -0.39 is 0 Å². The number of hydrogen-bond donors (Lipinski definition) is 0. The van der Waals surface area contributed by atoms with E-state index in [4.69, 9.17) is 0 Å². The van der Waals surface area contributed by atoms with Crippen LogP contribution < -0.4 is 0 Å². The van der Waals surface area contributed by atoms with E-state index in [9.17, 15) is 4.79 Å². The number of amides is 1. The second kappa shape index (κ2) is 4.29. The third-order valence-electron chi connectivity index (χ3n) is 1.31. The molecule has 1 aliphatic heterocycles. The standard InChI is InChI=1S/C5H9NO.2H2O/c1-6-4-2-3-5(6)7;;/h2-4H2,1H3;2*1H2. The quantitative estimate of drug-likeness (QED) is 0.401. The van der Waals surface area contributed by atoms with Gasteiger partial charge in [0.1, 0.15) is 0 Å². The molecule has 9 heavy (non-hydrogen) atoms. The molecular formula is C5H13NO3. The molecule has 56 valence electrons. The van der Waals surface area contributed by atoms with E-state index in [0.717, 1.165) is 19.4 Å². The Morgan fingerprint density at radius 1 is 1.44 bits per heavy atom. The van der Waals surface area contributed by atoms with Gasteiger partial charge in [0.25, 0.3) is 0 Å². The Hall–Kier alpha value is -0.610. The van der Waals surface area contributed by atoms with Gasteiger partial charge in [-0.15, -0.1) is 0 Å². The lowest BCUT2D eigenvalue weighted by Gasteiger charge is -2.03. The molecule has 0 aromatic heterocycles. The fourth-order valence-corrected chi connectivity index (χ4v) is 0.783. The van der Waals surface area contributed by atoms with Crippen molar-refractivity contribution in [3.63, 3.8) is 0 Å². The second-order valence-corrected chi connectivity index (χ2v) is 1.92. The first-order valence-corrected chi connectivity index (χ1v) is 2.54. The minimum Gasteiger partial charge on any atom is -0.412 e. The molecule has 4 heteroatoms. The van der Waals surface area contributed by atoms with Gasteiger partial charge in [0.05, 0.1) is 0 Å². The van der Waals surface area contributed by atoms with E-state index in [1.54, 1.807) is 4.90 Å². The zero-order valence-corrected chi connectivity index (χ0v) is 5.48. The van der Waals surface area contributed by atoms with Crippen LogP contribution in [-0.2, 0) is 4.79 Å². The Morgan fingerprint density at radius 2 is 2.00 bits per heavy atom. The van der Waals surface area contributed by atoms with Crippen LogP contribution in [0, 0.1) is 0 Å². The van der Waals surface area contributed by atoms with E-state index in [1.807, 2.05) is 7.05 Å². The van der Waals surface area contributed by atoms with Crippen molar-refractivity contribution in [2.45, 2.75) is 12.8 Å². The minimum absolute atomic E-state index is 0. The predicted molar refractivity (Wildman–Crippen MR) is 34.1 cm³/mol. The summed E-state index contributed by atoms with van der Waals surface area (Å²) in [5, 5.41) is 0. The first kappa shape index (κ1) is 11.2. The number of likely N-dealkylation sites (tertiary alicyclic amines) is 1. The van der Waals surface area contributed by atoms with Gasteiger partial charge in [-0.3, -0.25) is 4.79 Å². The molecule has 0 bridgehead atoms. The summed E-state index contributed by atoms with van der Waals surface area (Å²) in [5.41, 5.74) is 0. The Kier molecular flexibility index (Phi) is 5.34. The number of nitrogens with zero attached hydrogens (tertiary/aromatic N) is 1. The van der Waals surface area contributed by atoms with Gasteiger partial charge in [-0.05, 0) is 6.42 Å². The van der Waals surface area contributed by atoms with Crippen molar-refractivity contribution in [3.8, 4) is 0 Å². The van der Waals surface area contributed by atoms with Gasteiger partial charge in [-0.2, -0.15) is 0 Å². The van der Waals surface area contributed by atoms with Gasteiger partial charge in [0.15, 0.2) is 0 Å². The molecule has 0 spiro atoms. The molecule has 0 saturated carbocycles. The molecule has 0 aliphatic carbocycles. The number of carbonyl (C=O) groups is 1. The average molecular weight is 135 g/mol. The van der Waals surface area contributed by atoms with Crippen LogP contribution in [0.15, 0.2) is 0 Å². The van der Waals surface area contributed by atoms with E-state index in [1.165, 1.54) is 0 Å². The summed E-state index contributed by atoms with van der Waals surface area (Å²) in [7, 11) is 1.84. The molecule has 1 heterocycles. The summed E-state index contributed by atoms with van der Waals surface area (Å²) in [4.78, 5) is 12.3. The van der Waals surface area contributed by atoms with Crippen LogP contribution in [0.3, 0.4) is 0 Å². The highest BCUT2D eigenvalue weighted by molar-refractivity contribution is 5.77. The summed E-state index contributed by atoms with van der Waals surface area (Å²) >= 11 is 0. The highest BCUT2D eigenvalue weighted by Crippen LogP contribution is 2.04. The van der Waals surface area contributed by atoms with Crippen molar-refractivity contribution in [3.05, 3.63) is 0 Å². The van der Waals surface area contributed by atoms with Gasteiger partial charge in [-0.1, -0.05) is 0 Å². The van der Waals surface area contributed by atoms with E-state index in [2.05, 4.69) is 0 Å². The molecule has 1 rings (SSSR count). The average Bonchev–Trinajstić information content (AvgIpc) is 1.91. The summed E-state index contributed by atoms with van der Waals surface area (Å²) in [6.45, 7) is 0.957. The molecule has 4 nitrogen and oxygen atoms in total. The van der Waals surface area contributed by atoms with Crippen molar-refractivity contribution < 1.29 is 15.7 Å². The smallest absolute Gasteiger partial charge is 0.222 e. The number of carbonyl (C=O) groups excluding carboxylic acids is 1. The van der Waals surface area contributed by atoms with Crippen LogP contribution in [0.4, 0.5) is 0 Å². The SMILES string of the molecule is CN1CCCC1=O.O.O. The van der Waals surface area contributed by atoms with Gasteiger partial charge in [0.2, 0.25) is 5.91 Å². The van der Waals surface area contributed by atoms with Crippen LogP contribution in [0.2, 0.25) is 0 Å². The predicted octanol–water partition coefficient (Wildman–Crippen LogP) is -1.41. The van der Waals surface area contributed by atoms with Crippen molar-refractivity contribution in [1.29, 1.82) is 0 Å². The highest BCUT2D eigenvalue weighted by Gasteiger charge is 2.14. The summed E-state index contributed by atoms with van der Waals surface area (Å²) in [5.74, 6) is 0.292. The molecular weight excluding hydrogens is 122 g/mol. The Labute approximate surface area is 54.1 Å². The first-order chi connectivity index (χ1) is 3.30. The first-order valence-electron chi connectivity index (χ1n) is 2.54. The minimum atomic E-state index is 0. The van der Waals surface area contributed by atoms with Crippen LogP contribution in [0.5, 0.6) is 0 Å². The van der Waals surface area contributed by atoms with Crippen LogP contribution >= 0.6 is 0 Å². The molecule has 0 unspecified atom stereocenters. The summed E-state index contributed by atoms with van der Waals surface area (Å²) in [6.07, 6.45) is 1.81. The molecule has 0 aromatic carbocycles. The summed E-state index contributed by atoms with van der Waals surface area (Å²) < 4.78 is 0. The Morgan fingerprint density at radius 3 is 2.11 bits per heavy atom. The largest absolute Gasteiger partial charge is 0.412 e. The maximum atomic E-state index is 10.5. The lowest BCUT2D eigenvalue weighted by atomic mass is 10.4. The molecule has 0 aromatic rings. The second-order valence-electron chi connectivity index (χ2n) is 1.92. The van der Waals surface area contributed by atoms with Gasteiger partial charge in [0, 0.05) is 20.0 Å². The topological polar surface area (TPSA) is 83.3 Å². The molecule has 0 atom stereocenters. The van der Waals surface area contributed by atoms with Crippen molar-refractivity contribution in [2.24, 2.45) is 0 Å². The van der Waals surface area contributed by atoms with Crippen LogP contribution in [0.1, 0.15) is 12.8 Å². The fraction of sp³-hybridized carbons (Fsp3) is 0.800. The zero-order chi connectivity index (χ0) is 5.28. The lowest BCUT2D eigenvalue weighted by Crippen LogP contribution is -2.17. The molecule has 0 radical (unpaired) electrons. The molecule has 1 saturated heterocycles. The third-order valence-corrected chi connectivity index (χ3v) is 1.31. The van der Waals surface area contributed by atoms with Gasteiger partial charge < -0.3 is 15.9 Å². The summed E-state index contributed by atoms with van der Waals surface area (Å²) in [6, 6.07) is 0. The van der Waals surface area contributed by atoms with Crippen LogP contribution in [0.25, 0.3) is 0 Å². The van der Waals surface area contributed by atoms with Crippen molar-refractivity contribution >= 4 is 5.91 Å². The van der Waals surface area contributed by atoms with Gasteiger partial charge >= 0.3 is 0 Å². The Bertz CT molecular complexity index is 94.2. The fourth-order valence-electron chi connectivity index (χ4n) is 0.783. The number of hydrogen-bond acceptors (Lipinski definition) is 1. The van der Waals surface area contributed by atoms with Gasteiger partial charge in [-0.25, -0.2) is 0 Å². The van der Waals surface area contributed by atoms with E-state index in [-0.39, 0.29) is 11.0 Å². The highest BCUT2D eigenvalue weighted by atomic mass is 16.2. The van der Waals surface area contributed by atoms with E-state index >= 15 is 0 Å². The van der Waals surface area contributed by atoms with Crippen LogP contribution in [-0.4, -0.2) is 35.4 Å². The maximum Gasteiger partial charge on any atom is 0.222 e.